The normalized spacial score (nSPS) is 17.4. The van der Waals surface area contributed by atoms with Gasteiger partial charge in [-0.2, -0.15) is 0 Å². The first-order valence-electron chi connectivity index (χ1n) is 8.29. The molecule has 0 aromatic heterocycles. The fourth-order valence-corrected chi connectivity index (χ4v) is 3.75. The van der Waals surface area contributed by atoms with Gasteiger partial charge in [-0.15, -0.1) is 0 Å². The van der Waals surface area contributed by atoms with E-state index in [-0.39, 0.29) is 5.78 Å². The highest BCUT2D eigenvalue weighted by Crippen LogP contribution is 2.38. The number of halogens is 1. The van der Waals surface area contributed by atoms with Crippen LogP contribution in [-0.4, -0.2) is 18.6 Å². The number of methoxy groups -OCH3 is 1. The van der Waals surface area contributed by atoms with E-state index in [0.29, 0.717) is 11.3 Å². The topological polar surface area (TPSA) is 38.7 Å². The fraction of sp³-hybridized carbons (Fsp3) is 0.0909. The van der Waals surface area contributed by atoms with Crippen LogP contribution < -0.4 is 4.74 Å². The number of benzene rings is 3. The third-order valence-electron chi connectivity index (χ3n) is 4.51. The summed E-state index contributed by atoms with van der Waals surface area (Å²) in [5.41, 5.74) is 4.00. The molecule has 0 radical (unpaired) electrons. The molecule has 1 aliphatic carbocycles. The Kier molecular flexibility index (Phi) is 4.43. The average molecular weight is 406 g/mol. The molecule has 0 spiro atoms. The van der Waals surface area contributed by atoms with Crippen LogP contribution in [0.5, 0.6) is 5.75 Å². The Morgan fingerprint density at radius 1 is 0.923 bits per heavy atom. The van der Waals surface area contributed by atoms with Gasteiger partial charge in [-0.25, -0.2) is 4.99 Å². The summed E-state index contributed by atoms with van der Waals surface area (Å²) in [5, 5.41) is 0. The summed E-state index contributed by atoms with van der Waals surface area (Å²) in [6, 6.07) is 23.1. The van der Waals surface area contributed by atoms with Gasteiger partial charge >= 0.3 is 0 Å². The van der Waals surface area contributed by atoms with Crippen molar-refractivity contribution in [1.29, 1.82) is 0 Å². The first-order chi connectivity index (χ1) is 12.7. The van der Waals surface area contributed by atoms with E-state index in [1.807, 2.05) is 72.8 Å². The highest BCUT2D eigenvalue weighted by molar-refractivity contribution is 9.10. The van der Waals surface area contributed by atoms with Crippen LogP contribution in [0.1, 0.15) is 27.4 Å². The Morgan fingerprint density at radius 3 is 2.42 bits per heavy atom. The number of ketones is 1. The highest BCUT2D eigenvalue weighted by atomic mass is 79.9. The number of Topliss-reactive ketones (excluding diaryl/α,β-unsaturated/α-hetero) is 1. The number of hydrogen-bond donors (Lipinski definition) is 0. The lowest BCUT2D eigenvalue weighted by molar-refractivity contribution is 0.0988. The van der Waals surface area contributed by atoms with Crippen LogP contribution >= 0.6 is 15.9 Å². The van der Waals surface area contributed by atoms with Crippen LogP contribution in [0, 0.1) is 0 Å². The molecule has 0 heterocycles. The van der Waals surface area contributed by atoms with Crippen LogP contribution in [0.2, 0.25) is 0 Å². The van der Waals surface area contributed by atoms with Gasteiger partial charge in [-0.05, 0) is 29.8 Å². The first-order valence-corrected chi connectivity index (χ1v) is 9.09. The van der Waals surface area contributed by atoms with Gasteiger partial charge in [0.15, 0.2) is 5.78 Å². The minimum atomic E-state index is -0.421. The standard InChI is InChI=1S/C22H16BrNO2/c1-26-19-12-5-4-11-18(19)24-21-16-9-2-3-10-17(16)22(25)20(21)14-7-6-8-15(23)13-14/h2-13,20H,1H3. The van der Waals surface area contributed by atoms with E-state index < -0.39 is 5.92 Å². The van der Waals surface area contributed by atoms with Gasteiger partial charge in [0, 0.05) is 15.6 Å². The van der Waals surface area contributed by atoms with E-state index in [4.69, 9.17) is 9.73 Å². The van der Waals surface area contributed by atoms with Crippen LogP contribution in [0.4, 0.5) is 5.69 Å². The van der Waals surface area contributed by atoms with Gasteiger partial charge in [-0.1, -0.05) is 64.5 Å². The minimum absolute atomic E-state index is 0.0762. The Morgan fingerprint density at radius 2 is 1.65 bits per heavy atom. The molecule has 1 aliphatic rings. The van der Waals surface area contributed by atoms with Crippen LogP contribution in [-0.2, 0) is 0 Å². The predicted octanol–water partition coefficient (Wildman–Crippen LogP) is 5.56. The maximum absolute atomic E-state index is 13.1. The first kappa shape index (κ1) is 16.7. The van der Waals surface area contributed by atoms with Crippen molar-refractivity contribution < 1.29 is 9.53 Å². The van der Waals surface area contributed by atoms with Gasteiger partial charge in [0.1, 0.15) is 11.4 Å². The second-order valence-electron chi connectivity index (χ2n) is 6.07. The Bertz CT molecular complexity index is 1030. The molecule has 0 bridgehead atoms. The van der Waals surface area contributed by atoms with Crippen molar-refractivity contribution in [2.45, 2.75) is 5.92 Å². The SMILES string of the molecule is COc1ccccc1N=C1c2ccccc2C(=O)C1c1cccc(Br)c1. The van der Waals surface area contributed by atoms with Crippen molar-refractivity contribution in [3.05, 3.63) is 94.0 Å². The van der Waals surface area contributed by atoms with E-state index in [9.17, 15) is 4.79 Å². The zero-order chi connectivity index (χ0) is 18.1. The maximum atomic E-state index is 13.1. The van der Waals surface area contributed by atoms with E-state index >= 15 is 0 Å². The number of ether oxygens (including phenoxy) is 1. The number of hydrogen-bond acceptors (Lipinski definition) is 3. The summed E-state index contributed by atoms with van der Waals surface area (Å²) in [4.78, 5) is 18.0. The van der Waals surface area contributed by atoms with Crippen molar-refractivity contribution in [3.8, 4) is 5.75 Å². The quantitative estimate of drug-likeness (QED) is 0.571. The molecule has 1 unspecified atom stereocenters. The largest absolute Gasteiger partial charge is 0.494 e. The number of nitrogens with zero attached hydrogens (tertiary/aromatic N) is 1. The third kappa shape index (κ3) is 2.86. The molecule has 26 heavy (non-hydrogen) atoms. The second kappa shape index (κ2) is 6.89. The summed E-state index contributed by atoms with van der Waals surface area (Å²) in [5.74, 6) is 0.340. The highest BCUT2D eigenvalue weighted by Gasteiger charge is 2.37. The van der Waals surface area contributed by atoms with E-state index in [1.54, 1.807) is 7.11 Å². The number of carbonyl (C=O) groups excluding carboxylic acids is 1. The Hall–Kier alpha value is -2.72. The molecule has 1 atom stereocenters. The molecule has 4 rings (SSSR count). The Labute approximate surface area is 160 Å². The Balaban J connectivity index is 1.93. The molecule has 0 amide bonds. The summed E-state index contributed by atoms with van der Waals surface area (Å²) in [6.45, 7) is 0. The summed E-state index contributed by atoms with van der Waals surface area (Å²) < 4.78 is 6.37. The van der Waals surface area contributed by atoms with Gasteiger partial charge in [-0.3, -0.25) is 4.79 Å². The van der Waals surface area contributed by atoms with Gasteiger partial charge in [0.05, 0.1) is 18.7 Å². The summed E-state index contributed by atoms with van der Waals surface area (Å²) in [6.07, 6.45) is 0. The second-order valence-corrected chi connectivity index (χ2v) is 6.98. The smallest absolute Gasteiger partial charge is 0.176 e. The van der Waals surface area contributed by atoms with Gasteiger partial charge < -0.3 is 4.74 Å². The molecule has 3 aromatic rings. The molecule has 128 valence electrons. The minimum Gasteiger partial charge on any atom is -0.494 e. The monoisotopic (exact) mass is 405 g/mol. The lowest BCUT2D eigenvalue weighted by Gasteiger charge is -2.12. The maximum Gasteiger partial charge on any atom is 0.176 e. The van der Waals surface area contributed by atoms with Crippen molar-refractivity contribution in [2.75, 3.05) is 7.11 Å². The number of carbonyl (C=O) groups is 1. The summed E-state index contributed by atoms with van der Waals surface area (Å²) >= 11 is 3.50. The fourth-order valence-electron chi connectivity index (χ4n) is 3.33. The molecule has 0 aliphatic heterocycles. The molecule has 0 N–H and O–H groups in total. The molecule has 3 aromatic carbocycles. The molecule has 4 heteroatoms. The predicted molar refractivity (Wildman–Crippen MR) is 107 cm³/mol. The zero-order valence-electron chi connectivity index (χ0n) is 14.1. The number of rotatable bonds is 3. The molecular formula is C22H16BrNO2. The van der Waals surface area contributed by atoms with Gasteiger partial charge in [0.2, 0.25) is 0 Å². The molecular weight excluding hydrogens is 390 g/mol. The van der Waals surface area contributed by atoms with E-state index in [0.717, 1.165) is 27.0 Å². The van der Waals surface area contributed by atoms with Crippen LogP contribution in [0.3, 0.4) is 0 Å². The lowest BCUT2D eigenvalue weighted by Crippen LogP contribution is -2.13. The van der Waals surface area contributed by atoms with Crippen molar-refractivity contribution in [3.63, 3.8) is 0 Å². The van der Waals surface area contributed by atoms with E-state index in [2.05, 4.69) is 15.9 Å². The van der Waals surface area contributed by atoms with E-state index in [1.165, 1.54) is 0 Å². The average Bonchev–Trinajstić information content (AvgIpc) is 2.94. The molecule has 0 fully saturated rings. The van der Waals surface area contributed by atoms with Crippen molar-refractivity contribution in [2.24, 2.45) is 4.99 Å². The lowest BCUT2D eigenvalue weighted by atomic mass is 9.93. The van der Waals surface area contributed by atoms with Gasteiger partial charge in [0.25, 0.3) is 0 Å². The number of fused-ring (bicyclic) bond motifs is 1. The molecule has 0 saturated heterocycles. The van der Waals surface area contributed by atoms with Crippen molar-refractivity contribution in [1.82, 2.24) is 0 Å². The summed E-state index contributed by atoms with van der Waals surface area (Å²) in [7, 11) is 1.62. The zero-order valence-corrected chi connectivity index (χ0v) is 15.7. The number of aliphatic imine (C=N–C) groups is 1. The third-order valence-corrected chi connectivity index (χ3v) is 5.01. The molecule has 0 saturated carbocycles. The van der Waals surface area contributed by atoms with Crippen LogP contribution in [0.25, 0.3) is 0 Å². The molecule has 3 nitrogen and oxygen atoms in total. The number of para-hydroxylation sites is 2. The van der Waals surface area contributed by atoms with Crippen molar-refractivity contribution >= 4 is 33.1 Å². The van der Waals surface area contributed by atoms with Crippen LogP contribution in [0.15, 0.2) is 82.3 Å².